The Kier molecular flexibility index (Phi) is 7.49. The van der Waals surface area contributed by atoms with Crippen molar-refractivity contribution in [2.75, 3.05) is 33.5 Å². The molecule has 1 aromatic carbocycles. The highest BCUT2D eigenvalue weighted by atomic mass is 32.1. The second kappa shape index (κ2) is 10.3. The molecule has 0 fully saturated rings. The molecule has 2 aromatic rings. The molecule has 1 aliphatic rings. The van der Waals surface area contributed by atoms with Crippen molar-refractivity contribution < 1.29 is 28.9 Å². The lowest BCUT2D eigenvalue weighted by molar-refractivity contribution is -0.130. The van der Waals surface area contributed by atoms with E-state index in [0.29, 0.717) is 35.2 Å². The molecule has 2 heterocycles. The predicted octanol–water partition coefficient (Wildman–Crippen LogP) is 3.94. The van der Waals surface area contributed by atoms with Gasteiger partial charge in [0.15, 0.2) is 17.3 Å². The SMILES string of the molecule is C=CCOc1ccc(C2C(C(=O)c3cccs3)=C(O)C(=O)N2CCOC)cc1OCC. The Morgan fingerprint density at radius 3 is 2.74 bits per heavy atom. The predicted molar refractivity (Wildman–Crippen MR) is 118 cm³/mol. The number of thiophene rings is 1. The number of benzene rings is 1. The number of amides is 1. The number of rotatable bonds is 11. The Hall–Kier alpha value is -3.10. The third kappa shape index (κ3) is 4.65. The molecule has 0 aliphatic carbocycles. The van der Waals surface area contributed by atoms with Crippen LogP contribution in [0.5, 0.6) is 11.5 Å². The maximum Gasteiger partial charge on any atom is 0.290 e. The largest absolute Gasteiger partial charge is 0.503 e. The summed E-state index contributed by atoms with van der Waals surface area (Å²) < 4.78 is 16.5. The number of Topliss-reactive ketones (excluding diaryl/α,β-unsaturated/α-hetero) is 1. The van der Waals surface area contributed by atoms with Crippen molar-refractivity contribution in [3.05, 3.63) is 70.1 Å². The van der Waals surface area contributed by atoms with E-state index in [-0.39, 0.29) is 24.5 Å². The number of methoxy groups -OCH3 is 1. The zero-order chi connectivity index (χ0) is 22.4. The molecule has 1 aromatic heterocycles. The monoisotopic (exact) mass is 443 g/mol. The van der Waals surface area contributed by atoms with Gasteiger partial charge in [-0.1, -0.05) is 24.8 Å². The quantitative estimate of drug-likeness (QED) is 0.418. The van der Waals surface area contributed by atoms with Crippen molar-refractivity contribution in [3.63, 3.8) is 0 Å². The molecule has 1 aliphatic heterocycles. The van der Waals surface area contributed by atoms with Gasteiger partial charge in [-0.15, -0.1) is 11.3 Å². The van der Waals surface area contributed by atoms with Gasteiger partial charge in [-0.25, -0.2) is 0 Å². The van der Waals surface area contributed by atoms with Gasteiger partial charge in [0, 0.05) is 13.7 Å². The second-order valence-corrected chi connectivity index (χ2v) is 7.65. The number of aliphatic hydroxyl groups is 1. The zero-order valence-electron chi connectivity index (χ0n) is 17.5. The van der Waals surface area contributed by atoms with Crippen molar-refractivity contribution in [2.45, 2.75) is 13.0 Å². The first-order chi connectivity index (χ1) is 15.0. The fourth-order valence-electron chi connectivity index (χ4n) is 3.42. The summed E-state index contributed by atoms with van der Waals surface area (Å²) in [7, 11) is 1.53. The molecule has 0 radical (unpaired) electrons. The van der Waals surface area contributed by atoms with Crippen LogP contribution in [-0.4, -0.2) is 55.2 Å². The molecule has 1 atom stereocenters. The number of carbonyl (C=O) groups is 2. The maximum absolute atomic E-state index is 13.2. The molecular formula is C23H25NO6S. The van der Waals surface area contributed by atoms with Crippen LogP contribution in [0.3, 0.4) is 0 Å². The van der Waals surface area contributed by atoms with Crippen LogP contribution in [-0.2, 0) is 9.53 Å². The van der Waals surface area contributed by atoms with E-state index < -0.39 is 17.7 Å². The molecule has 1 N–H and O–H groups in total. The normalized spacial score (nSPS) is 16.0. The van der Waals surface area contributed by atoms with Crippen molar-refractivity contribution in [3.8, 4) is 11.5 Å². The first kappa shape index (κ1) is 22.6. The van der Waals surface area contributed by atoms with E-state index in [9.17, 15) is 14.7 Å². The van der Waals surface area contributed by atoms with Crippen LogP contribution in [0, 0.1) is 0 Å². The van der Waals surface area contributed by atoms with E-state index in [1.54, 1.807) is 41.8 Å². The first-order valence-electron chi connectivity index (χ1n) is 9.85. The Balaban J connectivity index is 2.08. The Morgan fingerprint density at radius 2 is 2.10 bits per heavy atom. The van der Waals surface area contributed by atoms with E-state index in [2.05, 4.69) is 6.58 Å². The fraction of sp³-hybridized carbons (Fsp3) is 0.304. The van der Waals surface area contributed by atoms with Gasteiger partial charge in [0.2, 0.25) is 5.78 Å². The van der Waals surface area contributed by atoms with Gasteiger partial charge < -0.3 is 24.2 Å². The summed E-state index contributed by atoms with van der Waals surface area (Å²) >= 11 is 1.26. The molecule has 164 valence electrons. The molecule has 1 amide bonds. The third-order valence-electron chi connectivity index (χ3n) is 4.77. The Bertz CT molecular complexity index is 982. The third-order valence-corrected chi connectivity index (χ3v) is 5.64. The molecule has 0 saturated heterocycles. The molecule has 0 bridgehead atoms. The van der Waals surface area contributed by atoms with Gasteiger partial charge in [-0.3, -0.25) is 9.59 Å². The summed E-state index contributed by atoms with van der Waals surface area (Å²) in [6.07, 6.45) is 1.63. The molecule has 1 unspecified atom stereocenters. The average Bonchev–Trinajstić information content (AvgIpc) is 3.39. The fourth-order valence-corrected chi connectivity index (χ4v) is 4.10. The van der Waals surface area contributed by atoms with Crippen molar-refractivity contribution in [1.82, 2.24) is 4.90 Å². The van der Waals surface area contributed by atoms with Gasteiger partial charge >= 0.3 is 0 Å². The standard InChI is InChI=1S/C23H25NO6S/c1-4-11-30-16-9-8-15(14-17(16)29-5-2)20-19(21(25)18-7-6-13-31-18)22(26)23(27)24(20)10-12-28-3/h4,6-9,13-14,20,26H,1,5,10-12H2,2-3H3. The zero-order valence-corrected chi connectivity index (χ0v) is 18.3. The average molecular weight is 444 g/mol. The van der Waals surface area contributed by atoms with Crippen molar-refractivity contribution in [2.24, 2.45) is 0 Å². The molecular weight excluding hydrogens is 418 g/mol. The number of aliphatic hydroxyl groups excluding tert-OH is 1. The number of hydrogen-bond acceptors (Lipinski definition) is 7. The van der Waals surface area contributed by atoms with Crippen LogP contribution in [0.15, 0.2) is 59.7 Å². The van der Waals surface area contributed by atoms with Crippen LogP contribution in [0.1, 0.15) is 28.2 Å². The minimum Gasteiger partial charge on any atom is -0.503 e. The second-order valence-electron chi connectivity index (χ2n) is 6.70. The lowest BCUT2D eigenvalue weighted by Gasteiger charge is -2.27. The molecule has 0 spiro atoms. The van der Waals surface area contributed by atoms with Gasteiger partial charge in [0.1, 0.15) is 6.61 Å². The number of carbonyl (C=O) groups excluding carboxylic acids is 2. The summed E-state index contributed by atoms with van der Waals surface area (Å²) in [4.78, 5) is 27.9. The highest BCUT2D eigenvalue weighted by Crippen LogP contribution is 2.42. The van der Waals surface area contributed by atoms with Crippen LogP contribution in [0.2, 0.25) is 0 Å². The topological polar surface area (TPSA) is 85.3 Å². The minimum atomic E-state index is -0.773. The van der Waals surface area contributed by atoms with E-state index in [1.165, 1.54) is 23.3 Å². The first-order valence-corrected chi connectivity index (χ1v) is 10.7. The molecule has 3 rings (SSSR count). The molecule has 8 heteroatoms. The van der Waals surface area contributed by atoms with Crippen LogP contribution in [0.4, 0.5) is 0 Å². The summed E-state index contributed by atoms with van der Waals surface area (Å²) in [6, 6.07) is 7.88. The number of hydrogen-bond donors (Lipinski definition) is 1. The van der Waals surface area contributed by atoms with Crippen molar-refractivity contribution >= 4 is 23.0 Å². The molecule has 7 nitrogen and oxygen atoms in total. The smallest absolute Gasteiger partial charge is 0.290 e. The summed E-state index contributed by atoms with van der Waals surface area (Å²) in [5, 5.41) is 12.4. The van der Waals surface area contributed by atoms with Crippen LogP contribution >= 0.6 is 11.3 Å². The highest BCUT2D eigenvalue weighted by Gasteiger charge is 2.44. The number of ketones is 1. The lowest BCUT2D eigenvalue weighted by Crippen LogP contribution is -2.34. The van der Waals surface area contributed by atoms with E-state index in [4.69, 9.17) is 14.2 Å². The van der Waals surface area contributed by atoms with Gasteiger partial charge in [0.05, 0.1) is 29.7 Å². The number of ether oxygens (including phenoxy) is 3. The minimum absolute atomic E-state index is 0.0470. The molecule has 31 heavy (non-hydrogen) atoms. The molecule has 0 saturated carbocycles. The summed E-state index contributed by atoms with van der Waals surface area (Å²) in [5.41, 5.74) is 0.675. The highest BCUT2D eigenvalue weighted by molar-refractivity contribution is 7.12. The van der Waals surface area contributed by atoms with Gasteiger partial charge in [0.25, 0.3) is 5.91 Å². The van der Waals surface area contributed by atoms with Gasteiger partial charge in [-0.05, 0) is 36.1 Å². The summed E-state index contributed by atoms with van der Waals surface area (Å²) in [6.45, 7) is 6.69. The van der Waals surface area contributed by atoms with Crippen LogP contribution < -0.4 is 9.47 Å². The Labute approximate surface area is 185 Å². The van der Waals surface area contributed by atoms with E-state index in [0.717, 1.165) is 0 Å². The van der Waals surface area contributed by atoms with E-state index in [1.807, 2.05) is 6.92 Å². The van der Waals surface area contributed by atoms with Crippen molar-refractivity contribution in [1.29, 1.82) is 0 Å². The lowest BCUT2D eigenvalue weighted by atomic mass is 9.95. The maximum atomic E-state index is 13.2. The van der Waals surface area contributed by atoms with Crippen LogP contribution in [0.25, 0.3) is 0 Å². The summed E-state index contributed by atoms with van der Waals surface area (Å²) in [5.74, 6) is -0.514. The Morgan fingerprint density at radius 1 is 1.29 bits per heavy atom. The van der Waals surface area contributed by atoms with Gasteiger partial charge in [-0.2, -0.15) is 0 Å². The van der Waals surface area contributed by atoms with E-state index >= 15 is 0 Å². The number of nitrogens with zero attached hydrogens (tertiary/aromatic N) is 1.